The van der Waals surface area contributed by atoms with Crippen LogP contribution in [0.4, 0.5) is 0 Å². The Hall–Kier alpha value is -3.34. The highest BCUT2D eigenvalue weighted by molar-refractivity contribution is 5.88. The Kier molecular flexibility index (Phi) is 4.50. The first-order chi connectivity index (χ1) is 13.1. The normalized spacial score (nSPS) is 11.1. The van der Waals surface area contributed by atoms with Gasteiger partial charge in [0.15, 0.2) is 0 Å². The van der Waals surface area contributed by atoms with Crippen LogP contribution in [0.1, 0.15) is 16.7 Å². The van der Waals surface area contributed by atoms with Crippen molar-refractivity contribution in [3.63, 3.8) is 0 Å². The van der Waals surface area contributed by atoms with E-state index in [2.05, 4.69) is 15.3 Å². The fraction of sp³-hybridized carbons (Fsp3) is 0.182. The number of carbonyl (C=O) groups excluding carboxylic acids is 1. The van der Waals surface area contributed by atoms with E-state index in [1.165, 1.54) is 0 Å². The number of aromatic amines is 2. The van der Waals surface area contributed by atoms with Crippen LogP contribution in [-0.2, 0) is 17.6 Å². The molecule has 136 valence electrons. The molecule has 0 atom stereocenters. The average molecular weight is 359 g/mol. The third kappa shape index (κ3) is 3.62. The molecule has 5 nitrogen and oxygen atoms in total. The molecule has 2 aromatic heterocycles. The third-order valence-electron chi connectivity index (χ3n) is 4.82. The summed E-state index contributed by atoms with van der Waals surface area (Å²) >= 11 is 0. The summed E-state index contributed by atoms with van der Waals surface area (Å²) in [7, 11) is 0. The number of benzene rings is 2. The molecule has 0 fully saturated rings. The minimum Gasteiger partial charge on any atom is -0.361 e. The second-order valence-electron chi connectivity index (χ2n) is 6.85. The standard InChI is InChI=1S/C22H21N3O2/c1-14-6-7-19-16(10-14)11-15(22(27)25-19)8-9-23-21(26)12-17-13-24-20-5-3-2-4-18(17)20/h2-7,10-11,13,24H,8-9,12H2,1H3,(H,23,26)(H,25,27). The minimum atomic E-state index is -0.0998. The van der Waals surface area contributed by atoms with E-state index in [4.69, 9.17) is 0 Å². The summed E-state index contributed by atoms with van der Waals surface area (Å²) in [6.45, 7) is 2.46. The number of H-pyrrole nitrogens is 2. The molecule has 2 aromatic carbocycles. The molecule has 0 radical (unpaired) electrons. The van der Waals surface area contributed by atoms with Crippen molar-refractivity contribution in [3.05, 3.63) is 81.8 Å². The summed E-state index contributed by atoms with van der Waals surface area (Å²) in [5.41, 5.74) is 4.56. The summed E-state index contributed by atoms with van der Waals surface area (Å²) in [4.78, 5) is 30.6. The number of hydrogen-bond donors (Lipinski definition) is 3. The Balaban J connectivity index is 1.40. The number of aryl methyl sites for hydroxylation is 1. The van der Waals surface area contributed by atoms with Crippen LogP contribution in [-0.4, -0.2) is 22.4 Å². The largest absolute Gasteiger partial charge is 0.361 e. The summed E-state index contributed by atoms with van der Waals surface area (Å²) in [5, 5.41) is 4.99. The monoisotopic (exact) mass is 359 g/mol. The van der Waals surface area contributed by atoms with E-state index >= 15 is 0 Å². The molecule has 0 saturated heterocycles. The van der Waals surface area contributed by atoms with E-state index in [0.717, 1.165) is 32.9 Å². The van der Waals surface area contributed by atoms with Gasteiger partial charge in [0.1, 0.15) is 0 Å². The minimum absolute atomic E-state index is 0.0483. The number of para-hydroxylation sites is 1. The average Bonchev–Trinajstić information content (AvgIpc) is 3.05. The van der Waals surface area contributed by atoms with E-state index in [1.54, 1.807) is 0 Å². The Bertz CT molecular complexity index is 1190. The van der Waals surface area contributed by atoms with Crippen LogP contribution in [0.2, 0.25) is 0 Å². The quantitative estimate of drug-likeness (QED) is 0.512. The highest BCUT2D eigenvalue weighted by Crippen LogP contribution is 2.18. The number of rotatable bonds is 5. The highest BCUT2D eigenvalue weighted by atomic mass is 16.1. The lowest BCUT2D eigenvalue weighted by Crippen LogP contribution is -2.28. The van der Waals surface area contributed by atoms with Crippen LogP contribution < -0.4 is 10.9 Å². The summed E-state index contributed by atoms with van der Waals surface area (Å²) in [6, 6.07) is 15.8. The summed E-state index contributed by atoms with van der Waals surface area (Å²) in [6.07, 6.45) is 2.69. The van der Waals surface area contributed by atoms with Gasteiger partial charge in [-0.3, -0.25) is 9.59 Å². The van der Waals surface area contributed by atoms with Gasteiger partial charge in [-0.05, 0) is 48.6 Å². The van der Waals surface area contributed by atoms with Crippen molar-refractivity contribution < 1.29 is 4.79 Å². The van der Waals surface area contributed by atoms with E-state index in [-0.39, 0.29) is 11.5 Å². The van der Waals surface area contributed by atoms with Crippen molar-refractivity contribution in [1.29, 1.82) is 0 Å². The smallest absolute Gasteiger partial charge is 0.251 e. The first-order valence-corrected chi connectivity index (χ1v) is 9.04. The van der Waals surface area contributed by atoms with Crippen LogP contribution in [0.5, 0.6) is 0 Å². The van der Waals surface area contributed by atoms with Crippen molar-refractivity contribution in [2.75, 3.05) is 6.54 Å². The lowest BCUT2D eigenvalue weighted by Gasteiger charge is -2.06. The molecule has 1 amide bonds. The molecule has 0 aliphatic heterocycles. The van der Waals surface area contributed by atoms with Gasteiger partial charge in [0.05, 0.1) is 6.42 Å². The lowest BCUT2D eigenvalue weighted by molar-refractivity contribution is -0.120. The van der Waals surface area contributed by atoms with Crippen molar-refractivity contribution in [1.82, 2.24) is 15.3 Å². The van der Waals surface area contributed by atoms with Gasteiger partial charge in [-0.15, -0.1) is 0 Å². The van der Waals surface area contributed by atoms with E-state index in [9.17, 15) is 9.59 Å². The molecule has 0 saturated carbocycles. The predicted octanol–water partition coefficient (Wildman–Crippen LogP) is 3.22. The van der Waals surface area contributed by atoms with Gasteiger partial charge in [-0.2, -0.15) is 0 Å². The molecule has 27 heavy (non-hydrogen) atoms. The molecule has 4 rings (SSSR count). The van der Waals surface area contributed by atoms with Crippen molar-refractivity contribution in [2.24, 2.45) is 0 Å². The van der Waals surface area contributed by atoms with Gasteiger partial charge in [0.25, 0.3) is 5.56 Å². The molecule has 0 aliphatic carbocycles. The second kappa shape index (κ2) is 7.11. The molecule has 4 aromatic rings. The molecule has 2 heterocycles. The van der Waals surface area contributed by atoms with E-state index in [0.29, 0.717) is 24.9 Å². The topological polar surface area (TPSA) is 77.8 Å². The molecule has 3 N–H and O–H groups in total. The second-order valence-corrected chi connectivity index (χ2v) is 6.85. The molecule has 5 heteroatoms. The molecule has 0 unspecified atom stereocenters. The summed E-state index contributed by atoms with van der Waals surface area (Å²) in [5.74, 6) is -0.0483. The van der Waals surface area contributed by atoms with Crippen LogP contribution >= 0.6 is 0 Å². The first-order valence-electron chi connectivity index (χ1n) is 9.04. The third-order valence-corrected chi connectivity index (χ3v) is 4.82. The zero-order chi connectivity index (χ0) is 18.8. The van der Waals surface area contributed by atoms with Gasteiger partial charge >= 0.3 is 0 Å². The number of pyridine rings is 1. The predicted molar refractivity (Wildman–Crippen MR) is 108 cm³/mol. The maximum atomic E-state index is 12.3. The number of amides is 1. The van der Waals surface area contributed by atoms with Gasteiger partial charge in [0.2, 0.25) is 5.91 Å². The highest BCUT2D eigenvalue weighted by Gasteiger charge is 2.09. The molecular weight excluding hydrogens is 338 g/mol. The van der Waals surface area contributed by atoms with Crippen molar-refractivity contribution in [2.45, 2.75) is 19.8 Å². The van der Waals surface area contributed by atoms with E-state index in [1.807, 2.05) is 61.7 Å². The zero-order valence-electron chi connectivity index (χ0n) is 15.1. The van der Waals surface area contributed by atoms with Gasteiger partial charge in [0, 0.05) is 34.7 Å². The van der Waals surface area contributed by atoms with Crippen LogP contribution in [0, 0.1) is 6.92 Å². The van der Waals surface area contributed by atoms with Gasteiger partial charge in [-0.1, -0.05) is 29.8 Å². The summed E-state index contributed by atoms with van der Waals surface area (Å²) < 4.78 is 0. The molecular formula is C22H21N3O2. The maximum absolute atomic E-state index is 12.3. The zero-order valence-corrected chi connectivity index (χ0v) is 15.1. The fourth-order valence-electron chi connectivity index (χ4n) is 3.41. The van der Waals surface area contributed by atoms with Crippen LogP contribution in [0.3, 0.4) is 0 Å². The van der Waals surface area contributed by atoms with Crippen molar-refractivity contribution >= 4 is 27.7 Å². The van der Waals surface area contributed by atoms with Gasteiger partial charge in [-0.25, -0.2) is 0 Å². The fourth-order valence-corrected chi connectivity index (χ4v) is 3.41. The first kappa shape index (κ1) is 17.1. The number of nitrogens with one attached hydrogen (secondary N) is 3. The molecule has 0 aliphatic rings. The SMILES string of the molecule is Cc1ccc2[nH]c(=O)c(CCNC(=O)Cc3c[nH]c4ccccc34)cc2c1. The van der Waals surface area contributed by atoms with E-state index < -0.39 is 0 Å². The maximum Gasteiger partial charge on any atom is 0.251 e. The number of hydrogen-bond acceptors (Lipinski definition) is 2. The van der Waals surface area contributed by atoms with Crippen molar-refractivity contribution in [3.8, 4) is 0 Å². The number of carbonyl (C=O) groups is 1. The lowest BCUT2D eigenvalue weighted by atomic mass is 10.1. The van der Waals surface area contributed by atoms with Crippen LogP contribution in [0.15, 0.2) is 59.5 Å². The Morgan fingerprint density at radius 3 is 2.78 bits per heavy atom. The van der Waals surface area contributed by atoms with Crippen LogP contribution in [0.25, 0.3) is 21.8 Å². The van der Waals surface area contributed by atoms with Gasteiger partial charge < -0.3 is 15.3 Å². The Morgan fingerprint density at radius 2 is 1.89 bits per heavy atom. The Morgan fingerprint density at radius 1 is 1.04 bits per heavy atom. The molecule has 0 spiro atoms. The molecule has 0 bridgehead atoms. The number of aromatic nitrogens is 2. The number of fused-ring (bicyclic) bond motifs is 2. The Labute approximate surface area is 156 Å².